The Morgan fingerprint density at radius 3 is 2.68 bits per heavy atom. The fraction of sp³-hybridized carbons (Fsp3) is 0.143. The van der Waals surface area contributed by atoms with E-state index in [0.29, 0.717) is 17.3 Å². The third kappa shape index (κ3) is 3.34. The number of benzene rings is 2. The number of amides is 1. The topological polar surface area (TPSA) is 71.9 Å². The van der Waals surface area contributed by atoms with Crippen LogP contribution in [0.5, 0.6) is 5.75 Å². The number of aryl methyl sites for hydroxylation is 1. The first-order chi connectivity index (χ1) is 13.5. The highest BCUT2D eigenvalue weighted by Crippen LogP contribution is 2.24. The Kier molecular flexibility index (Phi) is 4.57. The van der Waals surface area contributed by atoms with Gasteiger partial charge in [0.1, 0.15) is 29.1 Å². The van der Waals surface area contributed by atoms with Crippen LogP contribution in [0.15, 0.2) is 60.9 Å². The van der Waals surface area contributed by atoms with E-state index in [1.54, 1.807) is 37.7 Å². The quantitative estimate of drug-likeness (QED) is 0.558. The zero-order valence-electron chi connectivity index (χ0n) is 15.4. The molecule has 0 saturated carbocycles. The molecule has 7 heteroatoms. The number of methoxy groups -OCH3 is 1. The van der Waals surface area contributed by atoms with Crippen LogP contribution in [0.4, 0.5) is 4.39 Å². The van der Waals surface area contributed by atoms with Crippen LogP contribution in [0.2, 0.25) is 0 Å². The summed E-state index contributed by atoms with van der Waals surface area (Å²) in [5.74, 6) is 0.738. The van der Waals surface area contributed by atoms with Crippen LogP contribution in [0.1, 0.15) is 27.9 Å². The van der Waals surface area contributed by atoms with Gasteiger partial charge in [-0.2, -0.15) is 0 Å². The predicted octanol–water partition coefficient (Wildman–Crippen LogP) is 3.57. The molecule has 0 radical (unpaired) electrons. The third-order valence-corrected chi connectivity index (χ3v) is 4.67. The van der Waals surface area contributed by atoms with Crippen molar-refractivity contribution in [1.29, 1.82) is 0 Å². The molecule has 0 fully saturated rings. The minimum atomic E-state index is -0.519. The molecule has 1 unspecified atom stereocenters. The number of H-pyrrole nitrogens is 1. The Morgan fingerprint density at radius 1 is 1.21 bits per heavy atom. The van der Waals surface area contributed by atoms with Gasteiger partial charge in [0.2, 0.25) is 0 Å². The first-order valence-corrected chi connectivity index (χ1v) is 8.75. The van der Waals surface area contributed by atoms with E-state index in [1.807, 2.05) is 29.8 Å². The zero-order chi connectivity index (χ0) is 19.7. The molecular formula is C21H19FN4O2. The number of aromatic nitrogens is 3. The van der Waals surface area contributed by atoms with Gasteiger partial charge in [0.25, 0.3) is 5.91 Å². The number of halogens is 1. The Balaban J connectivity index is 1.67. The van der Waals surface area contributed by atoms with Crippen LogP contribution < -0.4 is 10.1 Å². The van der Waals surface area contributed by atoms with Crippen LogP contribution in [-0.2, 0) is 7.05 Å². The number of hydrogen-bond donors (Lipinski definition) is 2. The van der Waals surface area contributed by atoms with Crippen molar-refractivity contribution in [2.75, 3.05) is 7.11 Å². The Morgan fingerprint density at radius 2 is 2.00 bits per heavy atom. The standard InChI is InChI=1S/C21H19FN4O2/c1-26-10-9-23-20(26)19(13-3-6-15(22)7-4-13)25-21(27)18-11-14-5-8-16(28-2)12-17(14)24-18/h3-12,19,24H,1-2H3,(H,25,27). The first kappa shape index (κ1) is 17.8. The van der Waals surface area contributed by atoms with Gasteiger partial charge in [-0.05, 0) is 35.9 Å². The third-order valence-electron chi connectivity index (χ3n) is 4.67. The van der Waals surface area contributed by atoms with Gasteiger partial charge in [0.15, 0.2) is 0 Å². The van der Waals surface area contributed by atoms with Gasteiger partial charge in [-0.15, -0.1) is 0 Å². The number of aromatic amines is 1. The first-order valence-electron chi connectivity index (χ1n) is 8.75. The summed E-state index contributed by atoms with van der Waals surface area (Å²) in [5, 5.41) is 3.90. The predicted molar refractivity (Wildman–Crippen MR) is 104 cm³/mol. The molecule has 28 heavy (non-hydrogen) atoms. The molecule has 0 spiro atoms. The SMILES string of the molecule is COc1ccc2cc(C(=O)NC(c3ccc(F)cc3)c3nccn3C)[nH]c2c1. The molecule has 0 aliphatic heterocycles. The van der Waals surface area contributed by atoms with Gasteiger partial charge in [-0.3, -0.25) is 4.79 Å². The van der Waals surface area contributed by atoms with Crippen molar-refractivity contribution >= 4 is 16.8 Å². The molecule has 6 nitrogen and oxygen atoms in total. The Hall–Kier alpha value is -3.61. The van der Waals surface area contributed by atoms with E-state index in [0.717, 1.165) is 16.5 Å². The van der Waals surface area contributed by atoms with Crippen molar-refractivity contribution < 1.29 is 13.9 Å². The largest absolute Gasteiger partial charge is 0.497 e. The highest BCUT2D eigenvalue weighted by Gasteiger charge is 2.22. The molecule has 4 aromatic rings. The lowest BCUT2D eigenvalue weighted by Crippen LogP contribution is -2.31. The van der Waals surface area contributed by atoms with Crippen LogP contribution >= 0.6 is 0 Å². The minimum absolute atomic E-state index is 0.285. The van der Waals surface area contributed by atoms with E-state index in [4.69, 9.17) is 4.74 Å². The molecule has 1 atom stereocenters. The maximum atomic E-state index is 13.4. The lowest BCUT2D eigenvalue weighted by atomic mass is 10.1. The highest BCUT2D eigenvalue weighted by atomic mass is 19.1. The van der Waals surface area contributed by atoms with Crippen LogP contribution in [0.3, 0.4) is 0 Å². The van der Waals surface area contributed by atoms with Crippen molar-refractivity contribution in [2.45, 2.75) is 6.04 Å². The second kappa shape index (κ2) is 7.19. The Labute approximate surface area is 161 Å². The molecular weight excluding hydrogens is 359 g/mol. The average Bonchev–Trinajstić information content (AvgIpc) is 3.32. The van der Waals surface area contributed by atoms with Gasteiger partial charge in [0, 0.05) is 36.4 Å². The molecule has 2 heterocycles. The lowest BCUT2D eigenvalue weighted by Gasteiger charge is -2.19. The number of imidazole rings is 1. The summed E-state index contributed by atoms with van der Waals surface area (Å²) in [7, 11) is 3.44. The molecule has 0 bridgehead atoms. The minimum Gasteiger partial charge on any atom is -0.497 e. The number of carbonyl (C=O) groups is 1. The number of ether oxygens (including phenoxy) is 1. The van der Waals surface area contributed by atoms with E-state index in [-0.39, 0.29) is 11.7 Å². The normalized spacial score (nSPS) is 12.1. The Bertz CT molecular complexity index is 1130. The number of hydrogen-bond acceptors (Lipinski definition) is 3. The van der Waals surface area contributed by atoms with E-state index in [2.05, 4.69) is 15.3 Å². The van der Waals surface area contributed by atoms with Crippen LogP contribution in [0, 0.1) is 5.82 Å². The fourth-order valence-corrected chi connectivity index (χ4v) is 3.17. The highest BCUT2D eigenvalue weighted by molar-refractivity contribution is 5.98. The van der Waals surface area contributed by atoms with E-state index in [9.17, 15) is 9.18 Å². The van der Waals surface area contributed by atoms with Crippen molar-refractivity contribution in [1.82, 2.24) is 19.9 Å². The summed E-state index contributed by atoms with van der Waals surface area (Å²) in [6.07, 6.45) is 3.46. The molecule has 142 valence electrons. The lowest BCUT2D eigenvalue weighted by molar-refractivity contribution is 0.0937. The van der Waals surface area contributed by atoms with Crippen molar-refractivity contribution in [2.24, 2.45) is 7.05 Å². The monoisotopic (exact) mass is 378 g/mol. The van der Waals surface area contributed by atoms with Crippen molar-refractivity contribution in [3.63, 3.8) is 0 Å². The van der Waals surface area contributed by atoms with Crippen molar-refractivity contribution in [3.05, 3.63) is 83.8 Å². The zero-order valence-corrected chi connectivity index (χ0v) is 15.4. The maximum Gasteiger partial charge on any atom is 0.268 e. The van der Waals surface area contributed by atoms with E-state index >= 15 is 0 Å². The average molecular weight is 378 g/mol. The van der Waals surface area contributed by atoms with Gasteiger partial charge in [0.05, 0.1) is 7.11 Å². The molecule has 2 N–H and O–H groups in total. The van der Waals surface area contributed by atoms with E-state index < -0.39 is 6.04 Å². The summed E-state index contributed by atoms with van der Waals surface area (Å²) in [6.45, 7) is 0. The molecule has 0 saturated heterocycles. The molecule has 1 amide bonds. The summed E-state index contributed by atoms with van der Waals surface area (Å²) in [4.78, 5) is 20.4. The van der Waals surface area contributed by atoms with Gasteiger partial charge in [-0.1, -0.05) is 12.1 Å². The second-order valence-electron chi connectivity index (χ2n) is 6.49. The molecule has 4 rings (SSSR count). The van der Waals surface area contributed by atoms with Gasteiger partial charge >= 0.3 is 0 Å². The summed E-state index contributed by atoms with van der Waals surface area (Å²) in [5.41, 5.74) is 1.96. The van der Waals surface area contributed by atoms with Crippen LogP contribution in [0.25, 0.3) is 10.9 Å². The molecule has 0 aliphatic carbocycles. The number of fused-ring (bicyclic) bond motifs is 1. The summed E-state index contributed by atoms with van der Waals surface area (Å²) >= 11 is 0. The van der Waals surface area contributed by atoms with Crippen LogP contribution in [-0.4, -0.2) is 27.6 Å². The number of nitrogens with zero attached hydrogens (tertiary/aromatic N) is 2. The number of rotatable bonds is 5. The number of carbonyl (C=O) groups excluding carboxylic acids is 1. The molecule has 0 aliphatic rings. The smallest absolute Gasteiger partial charge is 0.268 e. The second-order valence-corrected chi connectivity index (χ2v) is 6.49. The summed E-state index contributed by atoms with van der Waals surface area (Å²) < 4.78 is 20.4. The fourth-order valence-electron chi connectivity index (χ4n) is 3.17. The van der Waals surface area contributed by atoms with Gasteiger partial charge in [-0.25, -0.2) is 9.37 Å². The number of nitrogens with one attached hydrogen (secondary N) is 2. The molecule has 2 aromatic carbocycles. The maximum absolute atomic E-state index is 13.4. The molecule has 2 aromatic heterocycles. The van der Waals surface area contributed by atoms with E-state index in [1.165, 1.54) is 12.1 Å². The summed E-state index contributed by atoms with van der Waals surface area (Å²) in [6, 6.07) is 12.8. The van der Waals surface area contributed by atoms with Crippen molar-refractivity contribution in [3.8, 4) is 5.75 Å². The van der Waals surface area contributed by atoms with Gasteiger partial charge < -0.3 is 19.6 Å².